The summed E-state index contributed by atoms with van der Waals surface area (Å²) in [5, 5.41) is 6.16. The Labute approximate surface area is 206 Å². The number of carbonyl (C=O) groups excluding carboxylic acids is 2. The Morgan fingerprint density at radius 3 is 2.35 bits per heavy atom. The lowest BCUT2D eigenvalue weighted by atomic mass is 9.97. The number of rotatable bonds is 7. The lowest BCUT2D eigenvalue weighted by Gasteiger charge is -2.29. The van der Waals surface area contributed by atoms with E-state index in [-0.39, 0.29) is 28.7 Å². The van der Waals surface area contributed by atoms with Gasteiger partial charge in [-0.05, 0) is 66.6 Å². The average molecular weight is 506 g/mol. The normalized spacial score (nSPS) is 17.2. The number of hydrogen-bond donors (Lipinski definition) is 2. The van der Waals surface area contributed by atoms with Crippen LogP contribution in [0.3, 0.4) is 0 Å². The molecule has 0 spiro atoms. The SMILES string of the molecule is CC(C)(C)CNC(=O)c1ccc(CN([C@@H]2CCCCNC2=O)S(=O)(=O)c2ccc(Cl)cc2)cc1. The molecule has 1 saturated heterocycles. The van der Waals surface area contributed by atoms with Crippen LogP contribution >= 0.6 is 11.6 Å². The molecule has 0 unspecified atom stereocenters. The lowest BCUT2D eigenvalue weighted by molar-refractivity contribution is -0.124. The Kier molecular flexibility index (Phi) is 8.38. The van der Waals surface area contributed by atoms with Crippen molar-refractivity contribution >= 4 is 33.4 Å². The van der Waals surface area contributed by atoms with Crippen molar-refractivity contribution < 1.29 is 18.0 Å². The molecule has 0 bridgehead atoms. The van der Waals surface area contributed by atoms with E-state index in [1.165, 1.54) is 28.6 Å². The third kappa shape index (κ3) is 6.81. The van der Waals surface area contributed by atoms with E-state index < -0.39 is 16.1 Å². The average Bonchev–Trinajstić information content (AvgIpc) is 3.00. The van der Waals surface area contributed by atoms with Gasteiger partial charge in [0.05, 0.1) is 4.90 Å². The van der Waals surface area contributed by atoms with Gasteiger partial charge in [-0.2, -0.15) is 4.31 Å². The van der Waals surface area contributed by atoms with Crippen LogP contribution in [0.4, 0.5) is 0 Å². The highest BCUT2D eigenvalue weighted by atomic mass is 35.5. The van der Waals surface area contributed by atoms with Crippen molar-refractivity contribution in [1.82, 2.24) is 14.9 Å². The Morgan fingerprint density at radius 1 is 1.09 bits per heavy atom. The minimum absolute atomic E-state index is 0.00688. The maximum absolute atomic E-state index is 13.6. The molecule has 0 radical (unpaired) electrons. The number of halogens is 1. The minimum Gasteiger partial charge on any atom is -0.355 e. The van der Waals surface area contributed by atoms with Gasteiger partial charge in [0.1, 0.15) is 6.04 Å². The number of sulfonamides is 1. The molecule has 0 aliphatic carbocycles. The Morgan fingerprint density at radius 2 is 1.74 bits per heavy atom. The molecular formula is C25H32ClN3O4S. The number of amides is 2. The second kappa shape index (κ2) is 10.9. The molecule has 2 aromatic carbocycles. The van der Waals surface area contributed by atoms with E-state index in [9.17, 15) is 18.0 Å². The summed E-state index contributed by atoms with van der Waals surface area (Å²) >= 11 is 5.95. The molecule has 1 heterocycles. The molecule has 2 amide bonds. The van der Waals surface area contributed by atoms with E-state index in [0.29, 0.717) is 35.7 Å². The zero-order valence-electron chi connectivity index (χ0n) is 19.8. The van der Waals surface area contributed by atoms with Crippen LogP contribution in [-0.2, 0) is 21.4 Å². The summed E-state index contributed by atoms with van der Waals surface area (Å²) < 4.78 is 28.5. The van der Waals surface area contributed by atoms with Gasteiger partial charge in [0.25, 0.3) is 5.91 Å². The van der Waals surface area contributed by atoms with E-state index in [0.717, 1.165) is 12.8 Å². The molecular weight excluding hydrogens is 474 g/mol. The fourth-order valence-electron chi connectivity index (χ4n) is 3.69. The number of nitrogens with zero attached hydrogens (tertiary/aromatic N) is 1. The van der Waals surface area contributed by atoms with Gasteiger partial charge in [0.15, 0.2) is 0 Å². The molecule has 7 nitrogen and oxygen atoms in total. The van der Waals surface area contributed by atoms with Gasteiger partial charge in [-0.3, -0.25) is 9.59 Å². The highest BCUT2D eigenvalue weighted by Gasteiger charge is 2.36. The van der Waals surface area contributed by atoms with Crippen molar-refractivity contribution in [3.05, 3.63) is 64.7 Å². The van der Waals surface area contributed by atoms with Gasteiger partial charge >= 0.3 is 0 Å². The lowest BCUT2D eigenvalue weighted by Crippen LogP contribution is -2.48. The van der Waals surface area contributed by atoms with Crippen LogP contribution in [0.25, 0.3) is 0 Å². The summed E-state index contributed by atoms with van der Waals surface area (Å²) in [5.74, 6) is -0.483. The van der Waals surface area contributed by atoms with E-state index in [4.69, 9.17) is 11.6 Å². The molecule has 1 aliphatic heterocycles. The monoisotopic (exact) mass is 505 g/mol. The number of hydrogen-bond acceptors (Lipinski definition) is 4. The quantitative estimate of drug-likeness (QED) is 0.595. The Hall–Kier alpha value is -2.42. The molecule has 2 aromatic rings. The van der Waals surface area contributed by atoms with Gasteiger partial charge in [-0.25, -0.2) is 8.42 Å². The molecule has 9 heteroatoms. The summed E-state index contributed by atoms with van der Waals surface area (Å²) in [4.78, 5) is 25.3. The van der Waals surface area contributed by atoms with E-state index >= 15 is 0 Å². The first-order chi connectivity index (χ1) is 16.0. The predicted molar refractivity (Wildman–Crippen MR) is 133 cm³/mol. The van der Waals surface area contributed by atoms with E-state index in [1.807, 2.05) is 20.8 Å². The largest absolute Gasteiger partial charge is 0.355 e. The first-order valence-electron chi connectivity index (χ1n) is 11.4. The summed E-state index contributed by atoms with van der Waals surface area (Å²) in [5.41, 5.74) is 1.14. The fraction of sp³-hybridized carbons (Fsp3) is 0.440. The molecule has 2 N–H and O–H groups in total. The maximum Gasteiger partial charge on any atom is 0.251 e. The Balaban J connectivity index is 1.87. The van der Waals surface area contributed by atoms with Gasteiger partial charge in [0, 0.05) is 30.2 Å². The molecule has 34 heavy (non-hydrogen) atoms. The molecule has 1 fully saturated rings. The molecule has 184 valence electrons. The number of benzene rings is 2. The van der Waals surface area contributed by atoms with Crippen LogP contribution in [0.2, 0.25) is 5.02 Å². The van der Waals surface area contributed by atoms with E-state index in [2.05, 4.69) is 10.6 Å². The fourth-order valence-corrected chi connectivity index (χ4v) is 5.42. The smallest absolute Gasteiger partial charge is 0.251 e. The summed E-state index contributed by atoms with van der Waals surface area (Å²) in [6.07, 6.45) is 1.98. The molecule has 3 rings (SSSR count). The first-order valence-corrected chi connectivity index (χ1v) is 13.2. The van der Waals surface area contributed by atoms with Crippen molar-refractivity contribution in [2.75, 3.05) is 13.1 Å². The van der Waals surface area contributed by atoms with Gasteiger partial charge in [0.2, 0.25) is 15.9 Å². The predicted octanol–water partition coefficient (Wildman–Crippen LogP) is 3.98. The number of nitrogens with one attached hydrogen (secondary N) is 2. The maximum atomic E-state index is 13.6. The standard InChI is InChI=1S/C25H32ClN3O4S/c1-25(2,3)17-28-23(30)19-9-7-18(8-10-19)16-29(22-6-4-5-15-27-24(22)31)34(32,33)21-13-11-20(26)12-14-21/h7-14,22H,4-6,15-17H2,1-3H3,(H,27,31)(H,28,30)/t22-/m1/s1. The molecule has 0 saturated carbocycles. The van der Waals surface area contributed by atoms with Gasteiger partial charge < -0.3 is 10.6 Å². The highest BCUT2D eigenvalue weighted by molar-refractivity contribution is 7.89. The van der Waals surface area contributed by atoms with Crippen molar-refractivity contribution in [3.8, 4) is 0 Å². The summed E-state index contributed by atoms with van der Waals surface area (Å²) in [7, 11) is -3.98. The van der Waals surface area contributed by atoms with Gasteiger partial charge in [-0.15, -0.1) is 0 Å². The van der Waals surface area contributed by atoms with Crippen LogP contribution in [-0.4, -0.2) is 43.7 Å². The van der Waals surface area contributed by atoms with Crippen LogP contribution in [0.1, 0.15) is 56.0 Å². The highest BCUT2D eigenvalue weighted by Crippen LogP contribution is 2.26. The second-order valence-electron chi connectivity index (χ2n) is 9.75. The van der Waals surface area contributed by atoms with Crippen molar-refractivity contribution in [2.45, 2.75) is 57.5 Å². The van der Waals surface area contributed by atoms with Gasteiger partial charge in [-0.1, -0.05) is 44.5 Å². The van der Waals surface area contributed by atoms with Crippen LogP contribution in [0.5, 0.6) is 0 Å². The van der Waals surface area contributed by atoms with Crippen LogP contribution in [0, 0.1) is 5.41 Å². The van der Waals surface area contributed by atoms with Crippen LogP contribution in [0.15, 0.2) is 53.4 Å². The molecule has 1 atom stereocenters. The molecule has 1 aliphatic rings. The van der Waals surface area contributed by atoms with Crippen molar-refractivity contribution in [3.63, 3.8) is 0 Å². The van der Waals surface area contributed by atoms with Crippen molar-refractivity contribution in [1.29, 1.82) is 0 Å². The minimum atomic E-state index is -3.98. The topological polar surface area (TPSA) is 95.6 Å². The van der Waals surface area contributed by atoms with Crippen LogP contribution < -0.4 is 10.6 Å². The zero-order valence-corrected chi connectivity index (χ0v) is 21.4. The third-order valence-electron chi connectivity index (χ3n) is 5.61. The second-order valence-corrected chi connectivity index (χ2v) is 12.1. The zero-order chi connectivity index (χ0) is 24.9. The first kappa shape index (κ1) is 26.2. The van der Waals surface area contributed by atoms with Crippen molar-refractivity contribution in [2.24, 2.45) is 5.41 Å². The summed E-state index contributed by atoms with van der Waals surface area (Å²) in [6, 6.07) is 11.9. The Bertz CT molecular complexity index is 1110. The van der Waals surface area contributed by atoms with E-state index in [1.54, 1.807) is 24.3 Å². The molecule has 0 aromatic heterocycles. The third-order valence-corrected chi connectivity index (χ3v) is 7.73. The number of carbonyl (C=O) groups is 2. The summed E-state index contributed by atoms with van der Waals surface area (Å²) in [6.45, 7) is 7.19.